The van der Waals surface area contributed by atoms with Crippen LogP contribution in [0.2, 0.25) is 0 Å². The third kappa shape index (κ3) is 8.43. The number of nitrogens with two attached hydrogens (primary N) is 1. The number of nitrogens with zero attached hydrogens (tertiary/aromatic N) is 1. The molecule has 0 spiro atoms. The Labute approximate surface area is 226 Å². The van der Waals surface area contributed by atoms with E-state index in [1.54, 1.807) is 20.8 Å². The molecule has 0 aromatic heterocycles. The van der Waals surface area contributed by atoms with E-state index in [2.05, 4.69) is 10.6 Å². The normalized spacial score (nSPS) is 22.8. The minimum Gasteiger partial charge on any atom is -0.444 e. The van der Waals surface area contributed by atoms with Gasteiger partial charge in [0.15, 0.2) is 0 Å². The SMILES string of the molecule is CC(C)(C)OC(=O)N[C@H](C(=O)N1CCC[C@H]1C(=O)NC(CC1CCCCC1)C(=O)C(N)=O)C1CCCCC1. The molecule has 4 N–H and O–H groups in total. The summed E-state index contributed by atoms with van der Waals surface area (Å²) < 4.78 is 5.44. The van der Waals surface area contributed by atoms with Crippen LogP contribution in [0.5, 0.6) is 0 Å². The Morgan fingerprint density at radius 3 is 2.05 bits per heavy atom. The van der Waals surface area contributed by atoms with Crippen LogP contribution in [-0.2, 0) is 23.9 Å². The molecular weight excluding hydrogens is 488 g/mol. The van der Waals surface area contributed by atoms with Crippen LogP contribution in [0.15, 0.2) is 0 Å². The zero-order valence-electron chi connectivity index (χ0n) is 23.3. The lowest BCUT2D eigenvalue weighted by atomic mass is 9.83. The van der Waals surface area contributed by atoms with Gasteiger partial charge < -0.3 is 26.0 Å². The maximum atomic E-state index is 13.8. The van der Waals surface area contributed by atoms with E-state index >= 15 is 0 Å². The van der Waals surface area contributed by atoms with Gasteiger partial charge >= 0.3 is 6.09 Å². The number of amides is 4. The first kappa shape index (κ1) is 29.9. The quantitative estimate of drug-likeness (QED) is 0.387. The molecule has 1 heterocycles. The molecule has 0 bridgehead atoms. The summed E-state index contributed by atoms with van der Waals surface area (Å²) in [4.78, 5) is 65.8. The third-order valence-electron chi connectivity index (χ3n) is 8.07. The van der Waals surface area contributed by atoms with Crippen molar-refractivity contribution in [2.24, 2.45) is 17.6 Å². The van der Waals surface area contributed by atoms with E-state index in [9.17, 15) is 24.0 Å². The molecule has 4 amide bonds. The zero-order valence-corrected chi connectivity index (χ0v) is 23.3. The van der Waals surface area contributed by atoms with Gasteiger partial charge in [0, 0.05) is 6.54 Å². The number of ether oxygens (including phenoxy) is 1. The van der Waals surface area contributed by atoms with E-state index in [-0.39, 0.29) is 17.7 Å². The van der Waals surface area contributed by atoms with Crippen molar-refractivity contribution >= 4 is 29.6 Å². The number of carbonyl (C=O) groups is 5. The molecule has 1 unspecified atom stereocenters. The van der Waals surface area contributed by atoms with E-state index in [1.165, 1.54) is 4.90 Å². The van der Waals surface area contributed by atoms with Gasteiger partial charge in [0.25, 0.3) is 5.91 Å². The fourth-order valence-electron chi connectivity index (χ4n) is 6.19. The van der Waals surface area contributed by atoms with Crippen LogP contribution in [0.1, 0.15) is 104 Å². The summed E-state index contributed by atoms with van der Waals surface area (Å²) in [7, 11) is 0. The predicted molar refractivity (Wildman–Crippen MR) is 142 cm³/mol. The van der Waals surface area contributed by atoms with Crippen molar-refractivity contribution in [3.05, 3.63) is 0 Å². The van der Waals surface area contributed by atoms with Crippen LogP contribution in [0.3, 0.4) is 0 Å². The highest BCUT2D eigenvalue weighted by atomic mass is 16.6. The third-order valence-corrected chi connectivity index (χ3v) is 8.07. The van der Waals surface area contributed by atoms with Gasteiger partial charge in [-0.25, -0.2) is 4.79 Å². The Hall–Kier alpha value is -2.65. The predicted octanol–water partition coefficient (Wildman–Crippen LogP) is 2.96. The number of primary amides is 1. The summed E-state index contributed by atoms with van der Waals surface area (Å²) >= 11 is 0. The summed E-state index contributed by atoms with van der Waals surface area (Å²) in [6, 6.07) is -2.55. The first-order valence-electron chi connectivity index (χ1n) is 14.4. The number of carbonyl (C=O) groups excluding carboxylic acids is 5. The lowest BCUT2D eigenvalue weighted by Gasteiger charge is -2.35. The molecule has 2 aliphatic carbocycles. The fourth-order valence-corrected chi connectivity index (χ4v) is 6.19. The fraction of sp³-hybridized carbons (Fsp3) is 0.821. The molecular formula is C28H46N4O6. The molecule has 3 fully saturated rings. The van der Waals surface area contributed by atoms with Gasteiger partial charge in [0.05, 0.1) is 6.04 Å². The average molecular weight is 535 g/mol. The number of rotatable bonds is 9. The van der Waals surface area contributed by atoms with Crippen LogP contribution in [0.25, 0.3) is 0 Å². The van der Waals surface area contributed by atoms with Gasteiger partial charge in [-0.15, -0.1) is 0 Å². The number of ketones is 1. The van der Waals surface area contributed by atoms with E-state index < -0.39 is 47.4 Å². The molecule has 214 valence electrons. The lowest BCUT2D eigenvalue weighted by Crippen LogP contribution is -2.58. The Morgan fingerprint density at radius 1 is 0.868 bits per heavy atom. The van der Waals surface area contributed by atoms with Crippen LogP contribution in [0.4, 0.5) is 4.79 Å². The molecule has 3 aliphatic rings. The molecule has 10 nitrogen and oxygen atoms in total. The maximum absolute atomic E-state index is 13.8. The first-order valence-corrected chi connectivity index (χ1v) is 14.4. The van der Waals surface area contributed by atoms with Crippen LogP contribution in [0, 0.1) is 11.8 Å². The van der Waals surface area contributed by atoms with Gasteiger partial charge in [-0.1, -0.05) is 51.4 Å². The van der Waals surface area contributed by atoms with Crippen LogP contribution < -0.4 is 16.4 Å². The van der Waals surface area contributed by atoms with Crippen molar-refractivity contribution < 1.29 is 28.7 Å². The molecule has 10 heteroatoms. The number of alkyl carbamates (subject to hydrolysis) is 1. The summed E-state index contributed by atoms with van der Waals surface area (Å²) in [5, 5.41) is 5.58. The Kier molecular flexibility index (Phi) is 10.6. The lowest BCUT2D eigenvalue weighted by molar-refractivity contribution is -0.143. The van der Waals surface area contributed by atoms with Gasteiger partial charge in [-0.3, -0.25) is 19.2 Å². The minimum atomic E-state index is -1.07. The maximum Gasteiger partial charge on any atom is 0.408 e. The summed E-state index contributed by atoms with van der Waals surface area (Å²) in [6.45, 7) is 5.68. The number of likely N-dealkylation sites (tertiary alicyclic amines) is 1. The first-order chi connectivity index (χ1) is 18.0. The second-order valence-electron chi connectivity index (χ2n) is 12.2. The molecule has 1 aliphatic heterocycles. The van der Waals surface area contributed by atoms with Crippen LogP contribution >= 0.6 is 0 Å². The monoisotopic (exact) mass is 534 g/mol. The molecule has 0 radical (unpaired) electrons. The molecule has 0 aromatic rings. The molecule has 3 atom stereocenters. The topological polar surface area (TPSA) is 148 Å². The van der Waals surface area contributed by atoms with E-state index in [0.717, 1.165) is 64.2 Å². The van der Waals surface area contributed by atoms with Crippen molar-refractivity contribution in [1.29, 1.82) is 0 Å². The highest BCUT2D eigenvalue weighted by Gasteiger charge is 2.42. The highest BCUT2D eigenvalue weighted by molar-refractivity contribution is 6.37. The van der Waals surface area contributed by atoms with Gasteiger partial charge in [0.1, 0.15) is 17.7 Å². The summed E-state index contributed by atoms with van der Waals surface area (Å²) in [5.41, 5.74) is 4.59. The van der Waals surface area contributed by atoms with E-state index in [1.807, 2.05) is 0 Å². The number of Topliss-reactive ketones (excluding diaryl/α,β-unsaturated/α-hetero) is 1. The van der Waals surface area contributed by atoms with Crippen molar-refractivity contribution in [3.63, 3.8) is 0 Å². The second kappa shape index (κ2) is 13.4. The number of hydrogen-bond acceptors (Lipinski definition) is 6. The van der Waals surface area contributed by atoms with Crippen molar-refractivity contribution in [3.8, 4) is 0 Å². The zero-order chi connectivity index (χ0) is 27.9. The average Bonchev–Trinajstić information content (AvgIpc) is 3.36. The van der Waals surface area contributed by atoms with Crippen LogP contribution in [-0.4, -0.2) is 64.8 Å². The Morgan fingerprint density at radius 2 is 1.47 bits per heavy atom. The summed E-state index contributed by atoms with van der Waals surface area (Å²) in [6.07, 6.45) is 10.7. The second-order valence-corrected chi connectivity index (χ2v) is 12.2. The number of hydrogen-bond donors (Lipinski definition) is 3. The van der Waals surface area contributed by atoms with E-state index in [0.29, 0.717) is 25.8 Å². The highest BCUT2D eigenvalue weighted by Crippen LogP contribution is 2.30. The Balaban J connectivity index is 1.73. The number of nitrogens with one attached hydrogen (secondary N) is 2. The smallest absolute Gasteiger partial charge is 0.408 e. The standard InChI is InChI=1S/C28H46N4O6/c1-28(2,3)38-27(37)31-22(19-13-8-5-9-14-19)26(36)32-16-10-15-21(32)25(35)30-20(23(33)24(29)34)17-18-11-6-4-7-12-18/h18-22H,4-17H2,1-3H3,(H2,29,34)(H,30,35)(H,31,37)/t20?,21-,22-/m0/s1. The van der Waals surface area contributed by atoms with E-state index in [4.69, 9.17) is 10.5 Å². The minimum absolute atomic E-state index is 0.0384. The van der Waals surface area contributed by atoms with Gasteiger partial charge in [-0.05, 0) is 64.7 Å². The molecule has 38 heavy (non-hydrogen) atoms. The Bertz CT molecular complexity index is 873. The largest absolute Gasteiger partial charge is 0.444 e. The molecule has 3 rings (SSSR count). The summed E-state index contributed by atoms with van der Waals surface area (Å²) in [5.74, 6) is -2.41. The van der Waals surface area contributed by atoms with Crippen molar-refractivity contribution in [2.75, 3.05) is 6.54 Å². The molecule has 1 saturated heterocycles. The van der Waals surface area contributed by atoms with Gasteiger partial charge in [0.2, 0.25) is 17.6 Å². The molecule has 0 aromatic carbocycles. The van der Waals surface area contributed by atoms with Crippen molar-refractivity contribution in [1.82, 2.24) is 15.5 Å². The van der Waals surface area contributed by atoms with Crippen molar-refractivity contribution in [2.45, 2.75) is 128 Å². The van der Waals surface area contributed by atoms with Gasteiger partial charge in [-0.2, -0.15) is 0 Å². The molecule has 2 saturated carbocycles.